The van der Waals surface area contributed by atoms with Gasteiger partial charge in [-0.05, 0) is 13.8 Å². The van der Waals surface area contributed by atoms with Crippen molar-refractivity contribution < 1.29 is 23.9 Å². The monoisotopic (exact) mass is 305 g/mol. The van der Waals surface area contributed by atoms with Crippen molar-refractivity contribution in [1.82, 2.24) is 4.90 Å². The van der Waals surface area contributed by atoms with Crippen LogP contribution in [0.15, 0.2) is 23.3 Å². The molecule has 0 aromatic rings. The number of likely N-dealkylation sites (tertiary alicyclic amines) is 1. The third-order valence-corrected chi connectivity index (χ3v) is 5.94. The Morgan fingerprint density at radius 1 is 1.05 bits per heavy atom. The third kappa shape index (κ3) is 1.25. The van der Waals surface area contributed by atoms with Crippen LogP contribution in [-0.2, 0) is 23.9 Å². The highest BCUT2D eigenvalue weighted by atomic mass is 16.5. The molecule has 2 bridgehead atoms. The van der Waals surface area contributed by atoms with Crippen molar-refractivity contribution in [3.63, 3.8) is 0 Å². The molecule has 0 radical (unpaired) electrons. The zero-order valence-corrected chi connectivity index (χ0v) is 13.3. The van der Waals surface area contributed by atoms with Gasteiger partial charge in [0.05, 0.1) is 36.3 Å². The van der Waals surface area contributed by atoms with Gasteiger partial charge in [0.2, 0.25) is 5.91 Å². The van der Waals surface area contributed by atoms with Crippen LogP contribution in [0.25, 0.3) is 0 Å². The molecule has 0 N–H and O–H groups in total. The SMILES string of the molecule is COC(=O)C1=C(C(=O)OC)[C@H]2C=C[C@H]1[C@]1(C)C(=O)N(C)[C@@]21C. The first-order valence-electron chi connectivity index (χ1n) is 7.14. The van der Waals surface area contributed by atoms with E-state index in [-0.39, 0.29) is 17.4 Å². The van der Waals surface area contributed by atoms with E-state index in [0.29, 0.717) is 5.57 Å². The average molecular weight is 305 g/mol. The van der Waals surface area contributed by atoms with E-state index < -0.39 is 28.8 Å². The number of carbonyl (C=O) groups excluding carboxylic acids is 3. The fourth-order valence-electron chi connectivity index (χ4n) is 4.44. The van der Waals surface area contributed by atoms with Crippen LogP contribution in [0.1, 0.15) is 13.8 Å². The lowest BCUT2D eigenvalue weighted by atomic mass is 9.43. The first-order chi connectivity index (χ1) is 10.3. The van der Waals surface area contributed by atoms with Gasteiger partial charge in [0, 0.05) is 18.9 Å². The molecular weight excluding hydrogens is 286 g/mol. The van der Waals surface area contributed by atoms with Gasteiger partial charge in [0.25, 0.3) is 0 Å². The molecule has 22 heavy (non-hydrogen) atoms. The van der Waals surface area contributed by atoms with Crippen molar-refractivity contribution in [2.45, 2.75) is 19.4 Å². The minimum Gasteiger partial charge on any atom is -0.466 e. The Kier molecular flexibility index (Phi) is 2.84. The maximum atomic E-state index is 12.5. The highest BCUT2D eigenvalue weighted by Gasteiger charge is 2.75. The Morgan fingerprint density at radius 2 is 1.50 bits per heavy atom. The van der Waals surface area contributed by atoms with Gasteiger partial charge in [-0.3, -0.25) is 4.79 Å². The van der Waals surface area contributed by atoms with Crippen LogP contribution >= 0.6 is 0 Å². The average Bonchev–Trinajstić information content (AvgIpc) is 2.55. The molecule has 0 spiro atoms. The lowest BCUT2D eigenvalue weighted by molar-refractivity contribution is -0.200. The third-order valence-electron chi connectivity index (χ3n) is 5.94. The molecule has 4 atom stereocenters. The van der Waals surface area contributed by atoms with Gasteiger partial charge < -0.3 is 14.4 Å². The summed E-state index contributed by atoms with van der Waals surface area (Å²) in [6.45, 7) is 3.81. The van der Waals surface area contributed by atoms with Gasteiger partial charge in [-0.25, -0.2) is 9.59 Å². The topological polar surface area (TPSA) is 72.9 Å². The van der Waals surface area contributed by atoms with Crippen molar-refractivity contribution in [3.8, 4) is 0 Å². The quantitative estimate of drug-likeness (QED) is 0.426. The van der Waals surface area contributed by atoms with E-state index in [2.05, 4.69) is 0 Å². The van der Waals surface area contributed by atoms with E-state index in [0.717, 1.165) is 0 Å². The predicted molar refractivity (Wildman–Crippen MR) is 76.5 cm³/mol. The van der Waals surface area contributed by atoms with Gasteiger partial charge in [0.15, 0.2) is 0 Å². The van der Waals surface area contributed by atoms with E-state index in [1.54, 1.807) is 11.9 Å². The summed E-state index contributed by atoms with van der Waals surface area (Å²) in [4.78, 5) is 38.7. The van der Waals surface area contributed by atoms with E-state index in [1.165, 1.54) is 14.2 Å². The van der Waals surface area contributed by atoms with Crippen molar-refractivity contribution in [1.29, 1.82) is 0 Å². The normalized spacial score (nSPS) is 38.6. The lowest BCUT2D eigenvalue weighted by Crippen LogP contribution is -2.81. The molecule has 0 aromatic heterocycles. The first kappa shape index (κ1) is 14.8. The highest BCUT2D eigenvalue weighted by Crippen LogP contribution is 2.65. The summed E-state index contributed by atoms with van der Waals surface area (Å²) in [6, 6.07) is 0. The Hall–Kier alpha value is -2.11. The van der Waals surface area contributed by atoms with Gasteiger partial charge in [-0.2, -0.15) is 0 Å². The molecule has 0 unspecified atom stereocenters. The summed E-state index contributed by atoms with van der Waals surface area (Å²) in [5.74, 6) is -2.01. The molecule has 4 aliphatic rings. The van der Waals surface area contributed by atoms with Crippen LogP contribution in [-0.4, -0.2) is 49.6 Å². The maximum absolute atomic E-state index is 12.5. The largest absolute Gasteiger partial charge is 0.466 e. The van der Waals surface area contributed by atoms with Gasteiger partial charge >= 0.3 is 11.9 Å². The zero-order valence-electron chi connectivity index (χ0n) is 13.3. The second-order valence-corrected chi connectivity index (χ2v) is 6.36. The second kappa shape index (κ2) is 4.21. The van der Waals surface area contributed by atoms with Crippen molar-refractivity contribution in [2.75, 3.05) is 21.3 Å². The van der Waals surface area contributed by atoms with E-state index in [9.17, 15) is 14.4 Å². The molecule has 1 amide bonds. The fraction of sp³-hybridized carbons (Fsp3) is 0.562. The summed E-state index contributed by atoms with van der Waals surface area (Å²) in [5, 5.41) is 0. The molecule has 0 saturated carbocycles. The van der Waals surface area contributed by atoms with Crippen LogP contribution in [0.5, 0.6) is 0 Å². The number of β-lactam (4-membered cyclic amide) rings is 1. The van der Waals surface area contributed by atoms with Crippen LogP contribution in [0.3, 0.4) is 0 Å². The number of hydrogen-bond acceptors (Lipinski definition) is 5. The number of amides is 1. The van der Waals surface area contributed by atoms with Gasteiger partial charge in [0.1, 0.15) is 0 Å². The highest BCUT2D eigenvalue weighted by molar-refractivity contribution is 6.07. The Morgan fingerprint density at radius 3 is 2.00 bits per heavy atom. The second-order valence-electron chi connectivity index (χ2n) is 6.36. The fourth-order valence-corrected chi connectivity index (χ4v) is 4.44. The van der Waals surface area contributed by atoms with E-state index in [1.807, 2.05) is 26.0 Å². The molecular formula is C16H19NO5. The number of nitrogens with zero attached hydrogens (tertiary/aromatic N) is 1. The summed E-state index contributed by atoms with van der Waals surface area (Å²) in [7, 11) is 4.28. The van der Waals surface area contributed by atoms with Crippen molar-refractivity contribution in [2.24, 2.45) is 17.3 Å². The molecule has 0 aromatic carbocycles. The molecule has 6 nitrogen and oxygen atoms in total. The zero-order chi connectivity index (χ0) is 16.4. The summed E-state index contributed by atoms with van der Waals surface area (Å²) >= 11 is 0. The molecule has 1 aliphatic heterocycles. The standard InChI is InChI=1S/C16H19NO5/c1-15-8-6-7-9(16(15,2)17(3)14(15)20)11(13(19)22-5)10(8)12(18)21-4/h6-9H,1-5H3/t8-,9-,15-,16+/m1/s1. The molecule has 1 heterocycles. The number of rotatable bonds is 2. The molecule has 1 saturated heterocycles. The minimum atomic E-state index is -0.748. The van der Waals surface area contributed by atoms with Gasteiger partial charge in [-0.15, -0.1) is 0 Å². The summed E-state index contributed by atoms with van der Waals surface area (Å²) in [6.07, 6.45) is 3.74. The number of allylic oxidation sites excluding steroid dienone is 1. The molecule has 6 heteroatoms. The van der Waals surface area contributed by atoms with Crippen LogP contribution < -0.4 is 0 Å². The van der Waals surface area contributed by atoms with Crippen LogP contribution in [0.2, 0.25) is 0 Å². The Labute approximate surface area is 128 Å². The van der Waals surface area contributed by atoms with E-state index >= 15 is 0 Å². The van der Waals surface area contributed by atoms with Crippen LogP contribution in [0.4, 0.5) is 0 Å². The smallest absolute Gasteiger partial charge is 0.334 e. The number of hydrogen-bond donors (Lipinski definition) is 0. The number of carbonyl (C=O) groups is 3. The Balaban J connectivity index is 2.27. The van der Waals surface area contributed by atoms with Crippen molar-refractivity contribution >= 4 is 17.8 Å². The number of methoxy groups -OCH3 is 2. The van der Waals surface area contributed by atoms with Crippen LogP contribution in [0, 0.1) is 17.3 Å². The summed E-state index contributed by atoms with van der Waals surface area (Å²) in [5.41, 5.74) is -0.739. The predicted octanol–water partition coefficient (Wildman–Crippen LogP) is 0.682. The molecule has 118 valence electrons. The summed E-state index contributed by atoms with van der Waals surface area (Å²) < 4.78 is 9.72. The lowest BCUT2D eigenvalue weighted by Gasteiger charge is -2.70. The molecule has 1 fully saturated rings. The first-order valence-corrected chi connectivity index (χ1v) is 7.14. The number of ether oxygens (including phenoxy) is 2. The van der Waals surface area contributed by atoms with E-state index in [4.69, 9.17) is 9.47 Å². The molecule has 4 rings (SSSR count). The minimum absolute atomic E-state index is 0.0281. The van der Waals surface area contributed by atoms with Crippen molar-refractivity contribution in [3.05, 3.63) is 23.3 Å². The number of esters is 2. The van der Waals surface area contributed by atoms with Gasteiger partial charge in [-0.1, -0.05) is 12.2 Å². The molecule has 3 aliphatic carbocycles. The maximum Gasteiger partial charge on any atom is 0.334 e. The Bertz CT molecular complexity index is 663.